The van der Waals surface area contributed by atoms with Crippen molar-refractivity contribution in [1.29, 1.82) is 0 Å². The summed E-state index contributed by atoms with van der Waals surface area (Å²) in [6, 6.07) is 17.4. The van der Waals surface area contributed by atoms with Gasteiger partial charge in [-0.3, -0.25) is 4.98 Å². The Kier molecular flexibility index (Phi) is 5.66. The molecule has 7 heteroatoms. The number of carboxylic acids is 1. The molecule has 6 nitrogen and oxygen atoms in total. The number of nitrogens with zero attached hydrogens (tertiary/aromatic N) is 3. The summed E-state index contributed by atoms with van der Waals surface area (Å²) in [6.07, 6.45) is 9.77. The summed E-state index contributed by atoms with van der Waals surface area (Å²) in [4.78, 5) is 18.6. The van der Waals surface area contributed by atoms with E-state index in [9.17, 15) is 9.90 Å². The maximum atomic E-state index is 11.5. The van der Waals surface area contributed by atoms with Crippen LogP contribution in [0, 0.1) is 0 Å². The van der Waals surface area contributed by atoms with Crippen LogP contribution >= 0.6 is 12.2 Å². The van der Waals surface area contributed by atoms with E-state index in [-0.39, 0.29) is 17.6 Å². The Balaban J connectivity index is 1.61. The van der Waals surface area contributed by atoms with Gasteiger partial charge in [0.1, 0.15) is 0 Å². The Morgan fingerprint density at radius 1 is 1.06 bits per heavy atom. The van der Waals surface area contributed by atoms with Gasteiger partial charge in [0.15, 0.2) is 5.11 Å². The van der Waals surface area contributed by atoms with Gasteiger partial charge in [-0.1, -0.05) is 31.4 Å². The van der Waals surface area contributed by atoms with E-state index in [0.29, 0.717) is 6.04 Å². The van der Waals surface area contributed by atoms with E-state index in [2.05, 4.69) is 25.8 Å². The Hall–Kier alpha value is -3.19. The average molecular weight is 447 g/mol. The molecule has 32 heavy (non-hydrogen) atoms. The summed E-state index contributed by atoms with van der Waals surface area (Å²) in [5, 5.41) is 13.8. The van der Waals surface area contributed by atoms with Crippen LogP contribution in [0.15, 0.2) is 67.0 Å². The Morgan fingerprint density at radius 2 is 1.91 bits per heavy atom. The summed E-state index contributed by atoms with van der Waals surface area (Å²) >= 11 is 5.86. The molecule has 0 spiro atoms. The lowest BCUT2D eigenvalue weighted by Crippen LogP contribution is -2.40. The zero-order valence-electron chi connectivity index (χ0n) is 17.7. The second-order valence-corrected chi connectivity index (χ2v) is 8.87. The minimum Gasteiger partial charge on any atom is -0.478 e. The van der Waals surface area contributed by atoms with Crippen LogP contribution in [0.2, 0.25) is 0 Å². The van der Waals surface area contributed by atoms with Gasteiger partial charge in [-0.05, 0) is 67.5 Å². The quantitative estimate of drug-likeness (QED) is 0.545. The van der Waals surface area contributed by atoms with E-state index < -0.39 is 5.97 Å². The standard InChI is InChI=1S/C25H26N4O2S/c30-24(31)17-8-6-11-19(16-17)28-15-7-13-21(28)23-22(20-12-4-5-14-26-20)27-25(32)29(23)18-9-2-1-3-10-18/h4-8,11-16,18,22-23H,1-3,9-10H2,(H,27,32)(H,30,31). The van der Waals surface area contributed by atoms with E-state index in [0.717, 1.165) is 35.0 Å². The van der Waals surface area contributed by atoms with Crippen molar-refractivity contribution >= 4 is 23.3 Å². The van der Waals surface area contributed by atoms with Gasteiger partial charge in [-0.15, -0.1) is 0 Å². The SMILES string of the molecule is O=C(O)c1cccc(-n2cccc2C2C(c3ccccn3)NC(=S)N2C2CCCCC2)c1. The van der Waals surface area contributed by atoms with Crippen molar-refractivity contribution < 1.29 is 9.90 Å². The van der Waals surface area contributed by atoms with E-state index in [4.69, 9.17) is 12.2 Å². The first-order valence-electron chi connectivity index (χ1n) is 11.1. The van der Waals surface area contributed by atoms with Gasteiger partial charge in [-0.25, -0.2) is 4.79 Å². The summed E-state index contributed by atoms with van der Waals surface area (Å²) < 4.78 is 2.08. The van der Waals surface area contributed by atoms with Crippen molar-refractivity contribution in [3.63, 3.8) is 0 Å². The molecule has 2 aromatic heterocycles. The number of nitrogens with one attached hydrogen (secondary N) is 1. The molecule has 0 radical (unpaired) electrons. The van der Waals surface area contributed by atoms with Crippen molar-refractivity contribution in [2.24, 2.45) is 0 Å². The monoisotopic (exact) mass is 446 g/mol. The van der Waals surface area contributed by atoms with Crippen LogP contribution in [0.3, 0.4) is 0 Å². The Bertz CT molecular complexity index is 1120. The van der Waals surface area contributed by atoms with Gasteiger partial charge in [0.05, 0.1) is 23.3 Å². The molecule has 5 rings (SSSR count). The first-order valence-corrected chi connectivity index (χ1v) is 11.5. The number of carboxylic acid groups (broad SMARTS) is 1. The fourth-order valence-corrected chi connectivity index (χ4v) is 5.48. The fourth-order valence-electron chi connectivity index (χ4n) is 5.09. The van der Waals surface area contributed by atoms with E-state index in [1.165, 1.54) is 19.3 Å². The second kappa shape index (κ2) is 8.74. The molecule has 1 aliphatic heterocycles. The van der Waals surface area contributed by atoms with E-state index in [1.807, 2.05) is 42.7 Å². The van der Waals surface area contributed by atoms with E-state index in [1.54, 1.807) is 18.2 Å². The third-order valence-corrected chi connectivity index (χ3v) is 6.89. The van der Waals surface area contributed by atoms with Crippen molar-refractivity contribution in [3.05, 3.63) is 83.9 Å². The molecule has 1 aliphatic carbocycles. The molecule has 1 aromatic carbocycles. The first kappa shape index (κ1) is 20.7. The van der Waals surface area contributed by atoms with Crippen LogP contribution in [0.4, 0.5) is 0 Å². The van der Waals surface area contributed by atoms with Crippen LogP contribution in [-0.4, -0.2) is 36.7 Å². The minimum absolute atomic E-state index is 0.0380. The molecule has 0 amide bonds. The number of benzene rings is 1. The van der Waals surface area contributed by atoms with Crippen molar-refractivity contribution in [3.8, 4) is 5.69 Å². The molecule has 2 atom stereocenters. The second-order valence-electron chi connectivity index (χ2n) is 8.48. The number of aromatic nitrogens is 2. The lowest BCUT2D eigenvalue weighted by Gasteiger charge is -2.37. The van der Waals surface area contributed by atoms with Crippen molar-refractivity contribution in [2.75, 3.05) is 0 Å². The largest absolute Gasteiger partial charge is 0.478 e. The van der Waals surface area contributed by atoms with Gasteiger partial charge in [0.25, 0.3) is 0 Å². The predicted molar refractivity (Wildman–Crippen MR) is 127 cm³/mol. The maximum Gasteiger partial charge on any atom is 0.335 e. The normalized spacial score (nSPS) is 21.5. The zero-order chi connectivity index (χ0) is 22.1. The Labute approximate surface area is 192 Å². The fraction of sp³-hybridized carbons (Fsp3) is 0.320. The highest BCUT2D eigenvalue weighted by Crippen LogP contribution is 2.43. The van der Waals surface area contributed by atoms with Crippen LogP contribution in [-0.2, 0) is 0 Å². The highest BCUT2D eigenvalue weighted by molar-refractivity contribution is 7.80. The van der Waals surface area contributed by atoms with E-state index >= 15 is 0 Å². The average Bonchev–Trinajstić information content (AvgIpc) is 3.44. The zero-order valence-corrected chi connectivity index (χ0v) is 18.5. The van der Waals surface area contributed by atoms with Gasteiger partial charge < -0.3 is 19.9 Å². The molecule has 2 unspecified atom stereocenters. The predicted octanol–water partition coefficient (Wildman–Crippen LogP) is 4.88. The van der Waals surface area contributed by atoms with Crippen LogP contribution in [0.5, 0.6) is 0 Å². The molecular weight excluding hydrogens is 420 g/mol. The van der Waals surface area contributed by atoms with Crippen LogP contribution in [0.1, 0.15) is 65.9 Å². The molecule has 0 bridgehead atoms. The number of aromatic carboxylic acids is 1. The van der Waals surface area contributed by atoms with Crippen LogP contribution < -0.4 is 5.32 Å². The molecule has 1 saturated carbocycles. The first-order chi connectivity index (χ1) is 15.6. The molecule has 2 fully saturated rings. The van der Waals surface area contributed by atoms with Crippen LogP contribution in [0.25, 0.3) is 5.69 Å². The summed E-state index contributed by atoms with van der Waals surface area (Å²) in [6.45, 7) is 0. The van der Waals surface area contributed by atoms with Gasteiger partial charge in [0, 0.05) is 29.8 Å². The number of pyridine rings is 1. The summed E-state index contributed by atoms with van der Waals surface area (Å²) in [5.74, 6) is -0.931. The number of hydrogen-bond acceptors (Lipinski definition) is 3. The number of carbonyl (C=O) groups is 1. The Morgan fingerprint density at radius 3 is 2.66 bits per heavy atom. The summed E-state index contributed by atoms with van der Waals surface area (Å²) in [7, 11) is 0. The topological polar surface area (TPSA) is 70.4 Å². The van der Waals surface area contributed by atoms with Gasteiger partial charge >= 0.3 is 5.97 Å². The molecule has 2 N–H and O–H groups in total. The smallest absolute Gasteiger partial charge is 0.335 e. The maximum absolute atomic E-state index is 11.5. The van der Waals surface area contributed by atoms with Crippen molar-refractivity contribution in [2.45, 2.75) is 50.2 Å². The molecule has 1 saturated heterocycles. The highest BCUT2D eigenvalue weighted by Gasteiger charge is 2.44. The third kappa shape index (κ3) is 3.77. The number of rotatable bonds is 5. The van der Waals surface area contributed by atoms with Gasteiger partial charge in [-0.2, -0.15) is 0 Å². The molecule has 164 valence electrons. The molecule has 3 aromatic rings. The minimum atomic E-state index is -0.931. The van der Waals surface area contributed by atoms with Gasteiger partial charge in [0.2, 0.25) is 0 Å². The molecular formula is C25H26N4O2S. The lowest BCUT2D eigenvalue weighted by atomic mass is 9.92. The lowest BCUT2D eigenvalue weighted by molar-refractivity contribution is 0.0697. The van der Waals surface area contributed by atoms with Crippen molar-refractivity contribution in [1.82, 2.24) is 19.8 Å². The number of thiocarbonyl (C=S) groups is 1. The molecule has 3 heterocycles. The summed E-state index contributed by atoms with van der Waals surface area (Å²) in [5.41, 5.74) is 3.12. The number of hydrogen-bond donors (Lipinski definition) is 2. The third-order valence-electron chi connectivity index (χ3n) is 6.56. The molecule has 2 aliphatic rings. The highest BCUT2D eigenvalue weighted by atomic mass is 32.1.